The molecule has 4 fully saturated rings. The van der Waals surface area contributed by atoms with E-state index >= 15 is 0 Å². The molecule has 0 bridgehead atoms. The molecule has 3 amide bonds. The Bertz CT molecular complexity index is 874. The zero-order valence-electron chi connectivity index (χ0n) is 18.8. The number of hydrogen-bond acceptors (Lipinski definition) is 11. The fraction of sp³-hybridized carbons (Fsp3) is 0.842. The van der Waals surface area contributed by atoms with Gasteiger partial charge < -0.3 is 55.1 Å². The summed E-state index contributed by atoms with van der Waals surface area (Å²) in [6.45, 7) is 4.65. The van der Waals surface area contributed by atoms with Gasteiger partial charge in [0.1, 0.15) is 18.3 Å². The van der Waals surface area contributed by atoms with Gasteiger partial charge in [-0.3, -0.25) is 0 Å². The Balaban J connectivity index is 1.78. The van der Waals surface area contributed by atoms with E-state index in [0.29, 0.717) is 0 Å². The van der Waals surface area contributed by atoms with Crippen molar-refractivity contribution in [2.24, 2.45) is 17.2 Å². The van der Waals surface area contributed by atoms with Gasteiger partial charge in [-0.15, -0.1) is 0 Å². The third-order valence-electron chi connectivity index (χ3n) is 7.28. The predicted molar refractivity (Wildman–Crippen MR) is 105 cm³/mol. The Labute approximate surface area is 189 Å². The maximum Gasteiger partial charge on any atom is 0.405 e. The van der Waals surface area contributed by atoms with Crippen molar-refractivity contribution in [3.05, 3.63) is 0 Å². The molecule has 4 rings (SSSR count). The monoisotopic (exact) mass is 475 g/mol. The summed E-state index contributed by atoms with van der Waals surface area (Å²) in [5.41, 5.74) is 9.03. The largest absolute Gasteiger partial charge is 0.438 e. The summed E-state index contributed by atoms with van der Waals surface area (Å²) in [7, 11) is 1.39. The molecule has 8 atom stereocenters. The highest BCUT2D eigenvalue weighted by Crippen LogP contribution is 2.63. The van der Waals surface area contributed by atoms with Gasteiger partial charge in [-0.2, -0.15) is 0 Å². The molecule has 2 spiro atoms. The molecule has 0 aliphatic carbocycles. The first kappa shape index (κ1) is 23.8. The summed E-state index contributed by atoms with van der Waals surface area (Å²) in [6.07, 6.45) is -5.79. The third-order valence-corrected chi connectivity index (χ3v) is 7.28. The number of primary amides is 3. The van der Waals surface area contributed by atoms with E-state index in [0.717, 1.165) is 0 Å². The summed E-state index contributed by atoms with van der Waals surface area (Å²) in [6, 6.07) is 0. The summed E-state index contributed by atoms with van der Waals surface area (Å²) < 4.78 is 46.0. The Kier molecular flexibility index (Phi) is 5.26. The van der Waals surface area contributed by atoms with Crippen LogP contribution in [0, 0.1) is 0 Å². The van der Waals surface area contributed by atoms with Crippen LogP contribution in [0.5, 0.6) is 0 Å². The van der Waals surface area contributed by atoms with E-state index in [-0.39, 0.29) is 26.4 Å². The van der Waals surface area contributed by atoms with E-state index in [1.807, 2.05) is 0 Å². The molecule has 4 heterocycles. The first-order chi connectivity index (χ1) is 15.3. The topological polar surface area (TPSA) is 203 Å². The molecule has 0 saturated carbocycles. The Hall–Kier alpha value is -2.39. The smallest absolute Gasteiger partial charge is 0.405 e. The van der Waals surface area contributed by atoms with Crippen LogP contribution in [0.3, 0.4) is 0 Å². The first-order valence-electron chi connectivity index (χ1n) is 10.3. The van der Waals surface area contributed by atoms with Crippen LogP contribution in [-0.2, 0) is 37.9 Å². The van der Waals surface area contributed by atoms with Crippen LogP contribution in [0.25, 0.3) is 0 Å². The molecule has 4 aliphatic rings. The van der Waals surface area contributed by atoms with E-state index in [2.05, 4.69) is 0 Å². The van der Waals surface area contributed by atoms with Crippen molar-refractivity contribution >= 4 is 18.3 Å². The van der Waals surface area contributed by atoms with Gasteiger partial charge in [-0.05, 0) is 20.8 Å². The van der Waals surface area contributed by atoms with Gasteiger partial charge >= 0.3 is 18.3 Å². The highest BCUT2D eigenvalue weighted by molar-refractivity contribution is 5.67. The van der Waals surface area contributed by atoms with Gasteiger partial charge in [0.25, 0.3) is 0 Å². The average Bonchev–Trinajstić information content (AvgIpc) is 2.69. The summed E-state index contributed by atoms with van der Waals surface area (Å²) >= 11 is 0. The van der Waals surface area contributed by atoms with Crippen LogP contribution in [0.15, 0.2) is 0 Å². The molecule has 33 heavy (non-hydrogen) atoms. The molecular weight excluding hydrogens is 446 g/mol. The van der Waals surface area contributed by atoms with Crippen molar-refractivity contribution in [3.63, 3.8) is 0 Å². The lowest BCUT2D eigenvalue weighted by atomic mass is 9.54. The predicted octanol–water partition coefficient (Wildman–Crippen LogP) is -1.10. The van der Waals surface area contributed by atoms with Crippen LogP contribution in [0.4, 0.5) is 14.4 Å². The Morgan fingerprint density at radius 3 is 1.76 bits per heavy atom. The molecule has 4 aliphatic heterocycles. The lowest BCUT2D eigenvalue weighted by Gasteiger charge is -2.74. The molecule has 0 aromatic rings. The number of hydrogen-bond donors (Lipinski definition) is 3. The van der Waals surface area contributed by atoms with Crippen molar-refractivity contribution in [2.45, 2.75) is 67.1 Å². The zero-order valence-corrected chi connectivity index (χ0v) is 18.8. The summed E-state index contributed by atoms with van der Waals surface area (Å²) in [4.78, 5) is 35.0. The van der Waals surface area contributed by atoms with Gasteiger partial charge in [0.2, 0.25) is 0 Å². The standard InChI is InChI=1S/C19H29N3O11/c1-15(31-12(20)23)5-28-10(15)9-11(26-4)19(17(3,7-30-19)33-14(22)25)18(8-27-9)16(2,6-29-18)32-13(21)24/h9-11H,5-8H2,1-4H3,(H2,20,23)(H2,21,24)(H2,22,25). The van der Waals surface area contributed by atoms with E-state index < -0.39 is 64.6 Å². The fourth-order valence-corrected chi connectivity index (χ4v) is 5.75. The molecule has 6 N–H and O–H groups in total. The van der Waals surface area contributed by atoms with Gasteiger partial charge in [0.05, 0.1) is 26.4 Å². The summed E-state index contributed by atoms with van der Waals surface area (Å²) in [5, 5.41) is 0. The number of carbonyl (C=O) groups is 3. The molecule has 186 valence electrons. The Morgan fingerprint density at radius 1 is 0.788 bits per heavy atom. The van der Waals surface area contributed by atoms with Crippen molar-refractivity contribution in [1.82, 2.24) is 0 Å². The zero-order chi connectivity index (χ0) is 24.4. The van der Waals surface area contributed by atoms with E-state index in [1.165, 1.54) is 7.11 Å². The minimum Gasteiger partial charge on any atom is -0.438 e. The molecule has 0 radical (unpaired) electrons. The van der Waals surface area contributed by atoms with Crippen molar-refractivity contribution in [2.75, 3.05) is 33.5 Å². The third kappa shape index (κ3) is 2.94. The van der Waals surface area contributed by atoms with E-state index in [1.54, 1.807) is 20.8 Å². The second-order valence-electron chi connectivity index (χ2n) is 9.34. The van der Waals surface area contributed by atoms with Crippen LogP contribution >= 0.6 is 0 Å². The van der Waals surface area contributed by atoms with Crippen LogP contribution in [0.1, 0.15) is 20.8 Å². The van der Waals surface area contributed by atoms with Gasteiger partial charge in [-0.1, -0.05) is 0 Å². The van der Waals surface area contributed by atoms with Crippen molar-refractivity contribution in [1.29, 1.82) is 0 Å². The molecule has 8 unspecified atom stereocenters. The lowest BCUT2D eigenvalue weighted by molar-refractivity contribution is -0.488. The van der Waals surface area contributed by atoms with Crippen LogP contribution in [0.2, 0.25) is 0 Å². The normalized spacial score (nSPS) is 48.2. The van der Waals surface area contributed by atoms with E-state index in [9.17, 15) is 14.4 Å². The Morgan fingerprint density at radius 2 is 1.36 bits per heavy atom. The minimum atomic E-state index is -1.57. The quantitative estimate of drug-likeness (QED) is 0.407. The number of nitrogens with two attached hydrogens (primary N) is 3. The van der Waals surface area contributed by atoms with Crippen molar-refractivity contribution < 1.29 is 52.3 Å². The molecule has 14 heteroatoms. The van der Waals surface area contributed by atoms with Gasteiger partial charge in [0.15, 0.2) is 28.0 Å². The number of amides is 3. The number of ether oxygens (including phenoxy) is 8. The first-order valence-corrected chi connectivity index (χ1v) is 10.3. The molecule has 14 nitrogen and oxygen atoms in total. The maximum absolute atomic E-state index is 11.8. The van der Waals surface area contributed by atoms with Crippen LogP contribution in [-0.4, -0.2) is 98.1 Å². The fourth-order valence-electron chi connectivity index (χ4n) is 5.75. The molecule has 0 aromatic heterocycles. The molecule has 4 saturated heterocycles. The van der Waals surface area contributed by atoms with Gasteiger partial charge in [-0.25, -0.2) is 14.4 Å². The minimum absolute atomic E-state index is 0.0272. The van der Waals surface area contributed by atoms with Crippen LogP contribution < -0.4 is 17.2 Å². The number of methoxy groups -OCH3 is 1. The number of fused-ring (bicyclic) bond motifs is 1. The molecular formula is C19H29N3O11. The highest BCUT2D eigenvalue weighted by atomic mass is 16.7. The highest BCUT2D eigenvalue weighted by Gasteiger charge is 2.87. The number of carbonyl (C=O) groups excluding carboxylic acids is 3. The van der Waals surface area contributed by atoms with Gasteiger partial charge in [0, 0.05) is 7.11 Å². The number of rotatable bonds is 5. The SMILES string of the molecule is COC1C(C2OCC2(C)OC(N)=O)OCC2(OCC2(C)OC(N)=O)C12OCC2(C)OC(N)=O. The van der Waals surface area contributed by atoms with Crippen molar-refractivity contribution in [3.8, 4) is 0 Å². The lowest BCUT2D eigenvalue weighted by Crippen LogP contribution is -2.96. The van der Waals surface area contributed by atoms with E-state index in [4.69, 9.17) is 55.1 Å². The second-order valence-corrected chi connectivity index (χ2v) is 9.34. The second kappa shape index (κ2) is 7.30. The molecule has 0 aromatic carbocycles. The maximum atomic E-state index is 11.8. The summed E-state index contributed by atoms with van der Waals surface area (Å²) in [5.74, 6) is 0. The average molecular weight is 475 g/mol.